The van der Waals surface area contributed by atoms with Gasteiger partial charge in [0.2, 0.25) is 5.91 Å². The van der Waals surface area contributed by atoms with Gasteiger partial charge in [-0.3, -0.25) is 9.59 Å². The molecule has 0 saturated carbocycles. The van der Waals surface area contributed by atoms with Crippen molar-refractivity contribution in [3.8, 4) is 0 Å². The van der Waals surface area contributed by atoms with E-state index in [4.69, 9.17) is 4.74 Å². The van der Waals surface area contributed by atoms with Crippen LogP contribution in [0.1, 0.15) is 12.8 Å². The van der Waals surface area contributed by atoms with Gasteiger partial charge >= 0.3 is 12.1 Å². The molecule has 1 saturated heterocycles. The molecular weight excluding hydrogens is 265 g/mol. The van der Waals surface area contributed by atoms with E-state index in [-0.39, 0.29) is 25.0 Å². The van der Waals surface area contributed by atoms with Crippen LogP contribution in [0.15, 0.2) is 0 Å². The predicted octanol–water partition coefficient (Wildman–Crippen LogP) is 0.550. The number of amides is 2. The number of carbonyl (C=O) groups is 2. The number of alkyl halides is 3. The first-order valence-corrected chi connectivity index (χ1v) is 5.96. The molecule has 0 aromatic carbocycles. The maximum atomic E-state index is 12.0. The summed E-state index contributed by atoms with van der Waals surface area (Å²) >= 11 is 0. The molecule has 1 rings (SSSR count). The van der Waals surface area contributed by atoms with Gasteiger partial charge in [-0.25, -0.2) is 0 Å². The highest BCUT2D eigenvalue weighted by Crippen LogP contribution is 2.18. The number of rotatable bonds is 4. The van der Waals surface area contributed by atoms with E-state index in [0.717, 1.165) is 0 Å². The zero-order chi connectivity index (χ0) is 14.5. The Kier molecular flexibility index (Phi) is 5.59. The summed E-state index contributed by atoms with van der Waals surface area (Å²) in [5.41, 5.74) is 0. The van der Waals surface area contributed by atoms with Crippen molar-refractivity contribution in [1.82, 2.24) is 10.2 Å². The Morgan fingerprint density at radius 2 is 1.89 bits per heavy atom. The van der Waals surface area contributed by atoms with Crippen LogP contribution in [-0.4, -0.2) is 56.2 Å². The quantitative estimate of drug-likeness (QED) is 0.819. The Morgan fingerprint density at radius 3 is 2.37 bits per heavy atom. The fraction of sp³-hybridized carbons (Fsp3) is 0.818. The van der Waals surface area contributed by atoms with E-state index in [9.17, 15) is 22.8 Å². The van der Waals surface area contributed by atoms with Crippen LogP contribution in [0.25, 0.3) is 0 Å². The number of hydrogen-bond acceptors (Lipinski definition) is 3. The highest BCUT2D eigenvalue weighted by molar-refractivity contribution is 5.81. The lowest BCUT2D eigenvalue weighted by atomic mass is 9.97. The summed E-state index contributed by atoms with van der Waals surface area (Å²) in [4.78, 5) is 23.7. The first kappa shape index (κ1) is 15.7. The van der Waals surface area contributed by atoms with Crippen molar-refractivity contribution >= 4 is 11.8 Å². The number of carbonyl (C=O) groups excluding carboxylic acids is 2. The summed E-state index contributed by atoms with van der Waals surface area (Å²) in [6.07, 6.45) is -3.68. The predicted molar refractivity (Wildman–Crippen MR) is 60.2 cm³/mol. The minimum Gasteiger partial charge on any atom is -0.375 e. The number of likely N-dealkylation sites (tertiary alicyclic amines) is 1. The summed E-state index contributed by atoms with van der Waals surface area (Å²) in [5.74, 6) is -2.07. The summed E-state index contributed by atoms with van der Waals surface area (Å²) < 4.78 is 40.7. The minimum absolute atomic E-state index is 0.00927. The molecule has 1 fully saturated rings. The number of halogens is 3. The average Bonchev–Trinajstić information content (AvgIpc) is 2.35. The highest BCUT2D eigenvalue weighted by atomic mass is 19.4. The van der Waals surface area contributed by atoms with Crippen molar-refractivity contribution in [1.29, 1.82) is 0 Å². The molecule has 0 bridgehead atoms. The zero-order valence-corrected chi connectivity index (χ0v) is 10.6. The first-order chi connectivity index (χ1) is 8.84. The van der Waals surface area contributed by atoms with E-state index >= 15 is 0 Å². The Hall–Kier alpha value is -1.31. The van der Waals surface area contributed by atoms with Gasteiger partial charge in [-0.05, 0) is 18.8 Å². The van der Waals surface area contributed by atoms with E-state index in [1.807, 2.05) is 5.32 Å². The number of nitrogens with zero attached hydrogens (tertiary/aromatic N) is 1. The van der Waals surface area contributed by atoms with E-state index in [1.165, 1.54) is 7.11 Å². The van der Waals surface area contributed by atoms with Crippen LogP contribution in [0.3, 0.4) is 0 Å². The number of piperidine rings is 1. The molecule has 1 N–H and O–H groups in total. The largest absolute Gasteiger partial charge is 0.471 e. The molecule has 0 spiro atoms. The molecule has 8 heteroatoms. The molecule has 1 heterocycles. The minimum atomic E-state index is -4.84. The number of nitrogens with one attached hydrogen (secondary N) is 1. The first-order valence-electron chi connectivity index (χ1n) is 5.96. The van der Waals surface area contributed by atoms with Crippen LogP contribution in [0.2, 0.25) is 0 Å². The van der Waals surface area contributed by atoms with Crippen molar-refractivity contribution < 1.29 is 27.5 Å². The van der Waals surface area contributed by atoms with Gasteiger partial charge in [0, 0.05) is 26.7 Å². The van der Waals surface area contributed by atoms with E-state index in [1.54, 1.807) is 4.90 Å². The Morgan fingerprint density at radius 1 is 1.32 bits per heavy atom. The van der Waals surface area contributed by atoms with Gasteiger partial charge in [0.25, 0.3) is 0 Å². The molecule has 0 unspecified atom stereocenters. The fourth-order valence-corrected chi connectivity index (χ4v) is 1.94. The van der Waals surface area contributed by atoms with Gasteiger partial charge in [0.1, 0.15) is 6.61 Å². The second kappa shape index (κ2) is 6.74. The Labute approximate surface area is 109 Å². The normalized spacial score (nSPS) is 17.4. The van der Waals surface area contributed by atoms with Gasteiger partial charge in [0.15, 0.2) is 0 Å². The van der Waals surface area contributed by atoms with E-state index in [0.29, 0.717) is 25.9 Å². The second-order valence-electron chi connectivity index (χ2n) is 4.46. The van der Waals surface area contributed by atoms with Crippen molar-refractivity contribution in [3.05, 3.63) is 0 Å². The topological polar surface area (TPSA) is 58.6 Å². The molecule has 0 radical (unpaired) electrons. The van der Waals surface area contributed by atoms with E-state index in [2.05, 4.69) is 0 Å². The maximum absolute atomic E-state index is 12.0. The molecule has 0 aromatic heterocycles. The second-order valence-corrected chi connectivity index (χ2v) is 4.46. The molecule has 19 heavy (non-hydrogen) atoms. The smallest absolute Gasteiger partial charge is 0.375 e. The molecule has 110 valence electrons. The standard InChI is InChI=1S/C11H17F3N2O3/c1-19-7-9(17)16-4-2-8(3-5-16)6-15-10(18)11(12,13)14/h8H,2-7H2,1H3,(H,15,18). The molecule has 0 aromatic rings. The van der Waals surface area contributed by atoms with Crippen molar-refractivity contribution in [2.45, 2.75) is 19.0 Å². The average molecular weight is 282 g/mol. The molecule has 0 atom stereocenters. The third-order valence-corrected chi connectivity index (χ3v) is 3.04. The summed E-state index contributed by atoms with van der Waals surface area (Å²) in [6, 6.07) is 0. The summed E-state index contributed by atoms with van der Waals surface area (Å²) in [7, 11) is 1.43. The fourth-order valence-electron chi connectivity index (χ4n) is 1.94. The van der Waals surface area contributed by atoms with Crippen LogP contribution >= 0.6 is 0 Å². The highest BCUT2D eigenvalue weighted by Gasteiger charge is 2.38. The molecular formula is C11H17F3N2O3. The lowest BCUT2D eigenvalue weighted by molar-refractivity contribution is -0.173. The molecule has 2 amide bonds. The van der Waals surface area contributed by atoms with Crippen LogP contribution in [0, 0.1) is 5.92 Å². The van der Waals surface area contributed by atoms with Gasteiger partial charge in [-0.15, -0.1) is 0 Å². The monoisotopic (exact) mass is 282 g/mol. The third kappa shape index (κ3) is 5.06. The third-order valence-electron chi connectivity index (χ3n) is 3.04. The van der Waals surface area contributed by atoms with Crippen LogP contribution in [0.5, 0.6) is 0 Å². The van der Waals surface area contributed by atoms with Gasteiger partial charge < -0.3 is 15.0 Å². The Balaban J connectivity index is 2.27. The zero-order valence-electron chi connectivity index (χ0n) is 10.6. The van der Waals surface area contributed by atoms with Gasteiger partial charge in [-0.2, -0.15) is 13.2 Å². The lowest BCUT2D eigenvalue weighted by Crippen LogP contribution is -2.44. The molecule has 1 aliphatic rings. The molecule has 1 aliphatic heterocycles. The molecule has 0 aliphatic carbocycles. The SMILES string of the molecule is COCC(=O)N1CCC(CNC(=O)C(F)(F)F)CC1. The van der Waals surface area contributed by atoms with Crippen molar-refractivity contribution in [2.75, 3.05) is 33.4 Å². The van der Waals surface area contributed by atoms with Crippen LogP contribution in [0.4, 0.5) is 13.2 Å². The molecule has 5 nitrogen and oxygen atoms in total. The number of ether oxygens (including phenoxy) is 1. The Bertz CT molecular complexity index is 326. The number of hydrogen-bond donors (Lipinski definition) is 1. The number of methoxy groups -OCH3 is 1. The maximum Gasteiger partial charge on any atom is 0.471 e. The lowest BCUT2D eigenvalue weighted by Gasteiger charge is -2.32. The van der Waals surface area contributed by atoms with Crippen LogP contribution in [-0.2, 0) is 14.3 Å². The summed E-state index contributed by atoms with van der Waals surface area (Å²) in [6.45, 7) is 0.962. The van der Waals surface area contributed by atoms with Gasteiger partial charge in [-0.1, -0.05) is 0 Å². The van der Waals surface area contributed by atoms with Crippen LogP contribution < -0.4 is 5.32 Å². The summed E-state index contributed by atoms with van der Waals surface area (Å²) in [5, 5.41) is 1.87. The van der Waals surface area contributed by atoms with Crippen molar-refractivity contribution in [3.63, 3.8) is 0 Å². The van der Waals surface area contributed by atoms with E-state index < -0.39 is 12.1 Å². The van der Waals surface area contributed by atoms with Crippen molar-refractivity contribution in [2.24, 2.45) is 5.92 Å². The van der Waals surface area contributed by atoms with Gasteiger partial charge in [0.05, 0.1) is 0 Å².